The summed E-state index contributed by atoms with van der Waals surface area (Å²) in [5, 5.41) is 19.5. The summed E-state index contributed by atoms with van der Waals surface area (Å²) in [7, 11) is 0. The Morgan fingerprint density at radius 2 is 1.81 bits per heavy atom. The first-order chi connectivity index (χ1) is 17.3. The number of aromatic amines is 1. The summed E-state index contributed by atoms with van der Waals surface area (Å²) in [5.74, 6) is -0.723. The van der Waals surface area contributed by atoms with Crippen LogP contribution in [0.1, 0.15) is 39.1 Å². The lowest BCUT2D eigenvalue weighted by atomic mass is 10.0. The number of rotatable bonds is 5. The fraction of sp³-hybridized carbons (Fsp3) is 0.222. The molecule has 0 aliphatic carbocycles. The number of piperidine rings is 1. The summed E-state index contributed by atoms with van der Waals surface area (Å²) in [5.41, 5.74) is 4.27. The van der Waals surface area contributed by atoms with Gasteiger partial charge in [-0.15, -0.1) is 0 Å². The van der Waals surface area contributed by atoms with Crippen LogP contribution < -0.4 is 4.74 Å². The lowest BCUT2D eigenvalue weighted by Gasteiger charge is -2.29. The summed E-state index contributed by atoms with van der Waals surface area (Å²) < 4.78 is 5.77. The van der Waals surface area contributed by atoms with Crippen LogP contribution in [0.2, 0.25) is 5.02 Å². The molecule has 1 saturated heterocycles. The fourth-order valence-corrected chi connectivity index (χ4v) is 4.60. The molecule has 1 aromatic heterocycles. The fourth-order valence-electron chi connectivity index (χ4n) is 4.33. The van der Waals surface area contributed by atoms with Gasteiger partial charge in [0, 0.05) is 24.2 Å². The van der Waals surface area contributed by atoms with Gasteiger partial charge in [-0.2, -0.15) is 4.98 Å². The van der Waals surface area contributed by atoms with Gasteiger partial charge in [0.25, 0.3) is 11.9 Å². The molecule has 0 spiro atoms. The van der Waals surface area contributed by atoms with Crippen molar-refractivity contribution in [3.63, 3.8) is 0 Å². The Kier molecular flexibility index (Phi) is 6.38. The van der Waals surface area contributed by atoms with Crippen LogP contribution in [0.5, 0.6) is 11.8 Å². The van der Waals surface area contributed by atoms with Gasteiger partial charge in [-0.1, -0.05) is 29.8 Å². The number of H-pyrrole nitrogens is 1. The number of aryl methyl sites for hydroxylation is 1. The summed E-state index contributed by atoms with van der Waals surface area (Å²) >= 11 is 6.57. The SMILES string of the molecule is Cc1ccc(Oc2nc3cc(-c4ccc(C(=O)N5CCC(O)CC5)cc4)c(Cl)cc3[nH]2)cc1C(=O)O. The van der Waals surface area contributed by atoms with E-state index in [4.69, 9.17) is 16.3 Å². The summed E-state index contributed by atoms with van der Waals surface area (Å²) in [6, 6.07) is 15.9. The highest BCUT2D eigenvalue weighted by atomic mass is 35.5. The van der Waals surface area contributed by atoms with Crippen molar-refractivity contribution in [2.75, 3.05) is 13.1 Å². The molecule has 0 radical (unpaired) electrons. The molecular weight excluding hydrogens is 482 g/mol. The molecule has 9 heteroatoms. The summed E-state index contributed by atoms with van der Waals surface area (Å²) in [6.45, 7) is 2.82. The number of carboxylic acid groups (broad SMARTS) is 1. The normalized spacial score (nSPS) is 14.2. The molecule has 0 bridgehead atoms. The van der Waals surface area contributed by atoms with Crippen molar-refractivity contribution >= 4 is 34.5 Å². The van der Waals surface area contributed by atoms with Gasteiger partial charge in [-0.25, -0.2) is 4.79 Å². The van der Waals surface area contributed by atoms with E-state index in [0.717, 1.165) is 11.1 Å². The molecule has 184 valence electrons. The molecule has 1 fully saturated rings. The minimum absolute atomic E-state index is 0.0498. The molecule has 1 aliphatic heterocycles. The first-order valence-electron chi connectivity index (χ1n) is 11.6. The Morgan fingerprint density at radius 3 is 2.50 bits per heavy atom. The Balaban J connectivity index is 1.37. The van der Waals surface area contributed by atoms with Crippen molar-refractivity contribution in [3.8, 4) is 22.9 Å². The maximum atomic E-state index is 12.8. The highest BCUT2D eigenvalue weighted by molar-refractivity contribution is 6.34. The van der Waals surface area contributed by atoms with Gasteiger partial charge in [-0.05, 0) is 67.3 Å². The number of likely N-dealkylation sites (tertiary alicyclic amines) is 1. The Labute approximate surface area is 212 Å². The number of benzene rings is 3. The van der Waals surface area contributed by atoms with Crippen molar-refractivity contribution in [3.05, 3.63) is 76.3 Å². The molecule has 2 heterocycles. The van der Waals surface area contributed by atoms with E-state index in [2.05, 4.69) is 9.97 Å². The average Bonchev–Trinajstić information content (AvgIpc) is 3.25. The van der Waals surface area contributed by atoms with E-state index < -0.39 is 5.97 Å². The number of aliphatic hydroxyl groups is 1. The molecule has 0 saturated carbocycles. The standard InChI is InChI=1S/C27H24ClN3O5/c1-15-2-7-19(12-20(15)26(34)35)36-27-29-23-13-21(22(28)14-24(23)30-27)16-3-5-17(6-4-16)25(33)31-10-8-18(32)9-11-31/h2-7,12-14,18,32H,8-11H2,1H3,(H,29,30)(H,34,35). The monoisotopic (exact) mass is 505 g/mol. The number of hydrogen-bond acceptors (Lipinski definition) is 5. The van der Waals surface area contributed by atoms with Gasteiger partial charge >= 0.3 is 5.97 Å². The molecular formula is C27H24ClN3O5. The second-order valence-corrected chi connectivity index (χ2v) is 9.28. The van der Waals surface area contributed by atoms with Crippen LogP contribution in [0.3, 0.4) is 0 Å². The van der Waals surface area contributed by atoms with Crippen molar-refractivity contribution in [1.29, 1.82) is 0 Å². The number of aliphatic hydroxyl groups excluding tert-OH is 1. The highest BCUT2D eigenvalue weighted by Crippen LogP contribution is 2.33. The van der Waals surface area contributed by atoms with E-state index in [0.29, 0.717) is 58.9 Å². The van der Waals surface area contributed by atoms with Crippen LogP contribution in [0.15, 0.2) is 54.6 Å². The van der Waals surface area contributed by atoms with Gasteiger partial charge in [0.1, 0.15) is 5.75 Å². The number of nitrogens with zero attached hydrogens (tertiary/aromatic N) is 2. The van der Waals surface area contributed by atoms with Gasteiger partial charge in [0.2, 0.25) is 0 Å². The Hall–Kier alpha value is -3.88. The summed E-state index contributed by atoms with van der Waals surface area (Å²) in [4.78, 5) is 33.5. The van der Waals surface area contributed by atoms with E-state index in [-0.39, 0.29) is 23.6 Å². The number of hydrogen-bond donors (Lipinski definition) is 3. The zero-order valence-electron chi connectivity index (χ0n) is 19.5. The number of carboxylic acids is 1. The van der Waals surface area contributed by atoms with Crippen LogP contribution in [0.4, 0.5) is 0 Å². The first-order valence-corrected chi connectivity index (χ1v) is 11.9. The number of fused-ring (bicyclic) bond motifs is 1. The van der Waals surface area contributed by atoms with Crippen LogP contribution in [-0.4, -0.2) is 56.2 Å². The van der Waals surface area contributed by atoms with Crippen LogP contribution in [0, 0.1) is 6.92 Å². The Morgan fingerprint density at radius 1 is 1.08 bits per heavy atom. The third-order valence-corrected chi connectivity index (χ3v) is 6.71. The number of ether oxygens (including phenoxy) is 1. The van der Waals surface area contributed by atoms with Crippen molar-refractivity contribution < 1.29 is 24.5 Å². The highest BCUT2D eigenvalue weighted by Gasteiger charge is 2.22. The summed E-state index contributed by atoms with van der Waals surface area (Å²) in [6.07, 6.45) is 0.861. The zero-order valence-corrected chi connectivity index (χ0v) is 20.2. The molecule has 0 atom stereocenters. The Bertz CT molecular complexity index is 1460. The number of carbonyl (C=O) groups excluding carboxylic acids is 1. The van der Waals surface area contributed by atoms with Gasteiger partial charge < -0.3 is 24.8 Å². The number of imidazole rings is 1. The molecule has 8 nitrogen and oxygen atoms in total. The van der Waals surface area contributed by atoms with Crippen molar-refractivity contribution in [2.24, 2.45) is 0 Å². The molecule has 36 heavy (non-hydrogen) atoms. The lowest BCUT2D eigenvalue weighted by Crippen LogP contribution is -2.40. The second kappa shape index (κ2) is 9.64. The molecule has 1 amide bonds. The smallest absolute Gasteiger partial charge is 0.336 e. The molecule has 1 aliphatic rings. The van der Waals surface area contributed by atoms with E-state index >= 15 is 0 Å². The van der Waals surface area contributed by atoms with Crippen LogP contribution >= 0.6 is 11.6 Å². The van der Waals surface area contributed by atoms with Gasteiger partial charge in [0.15, 0.2) is 0 Å². The number of amides is 1. The molecule has 4 aromatic rings. The number of nitrogens with one attached hydrogen (secondary N) is 1. The molecule has 0 unspecified atom stereocenters. The maximum absolute atomic E-state index is 12.8. The van der Waals surface area contributed by atoms with Crippen LogP contribution in [-0.2, 0) is 0 Å². The average molecular weight is 506 g/mol. The topological polar surface area (TPSA) is 116 Å². The number of aromatic nitrogens is 2. The van der Waals surface area contributed by atoms with E-state index in [1.807, 2.05) is 18.2 Å². The van der Waals surface area contributed by atoms with Gasteiger partial charge in [0.05, 0.1) is 27.7 Å². The van der Waals surface area contributed by atoms with E-state index in [1.165, 1.54) is 6.07 Å². The predicted molar refractivity (Wildman–Crippen MR) is 136 cm³/mol. The number of halogens is 1. The third kappa shape index (κ3) is 4.78. The van der Waals surface area contributed by atoms with E-state index in [9.17, 15) is 19.8 Å². The molecule has 3 aromatic carbocycles. The predicted octanol–water partition coefficient (Wildman–Crippen LogP) is 5.28. The number of aromatic carboxylic acids is 1. The van der Waals surface area contributed by atoms with Crippen molar-refractivity contribution in [1.82, 2.24) is 14.9 Å². The second-order valence-electron chi connectivity index (χ2n) is 8.88. The van der Waals surface area contributed by atoms with Crippen molar-refractivity contribution in [2.45, 2.75) is 25.9 Å². The maximum Gasteiger partial charge on any atom is 0.336 e. The zero-order chi connectivity index (χ0) is 25.4. The van der Waals surface area contributed by atoms with E-state index in [1.54, 1.807) is 42.2 Å². The van der Waals surface area contributed by atoms with Crippen LogP contribution in [0.25, 0.3) is 22.2 Å². The number of carbonyl (C=O) groups is 2. The lowest BCUT2D eigenvalue weighted by molar-refractivity contribution is 0.0546. The first kappa shape index (κ1) is 23.8. The third-order valence-electron chi connectivity index (χ3n) is 6.40. The van der Waals surface area contributed by atoms with Gasteiger partial charge in [-0.3, -0.25) is 4.79 Å². The minimum atomic E-state index is -1.03. The quantitative estimate of drug-likeness (QED) is 0.340. The molecule has 5 rings (SSSR count). The largest absolute Gasteiger partial charge is 0.478 e. The molecule has 3 N–H and O–H groups in total. The minimum Gasteiger partial charge on any atom is -0.478 e.